The zero-order valence-corrected chi connectivity index (χ0v) is 18.7. The lowest BCUT2D eigenvalue weighted by Gasteiger charge is -2.20. The molecule has 0 heterocycles. The van der Waals surface area contributed by atoms with Crippen LogP contribution in [0.2, 0.25) is 0 Å². The molecule has 0 aromatic heterocycles. The standard InChI is InChI=1S/C24H29N3O5/c1-5-31-24(30)17(4)32-20-13-11-18(12-14-20)15-25-27-23(29)21(16(2)3)26-22(28)19-9-7-6-8-10-19/h6-17,21H,5H2,1-4H3,(H,26,28)(H,27,29). The Morgan fingerprint density at radius 2 is 1.66 bits per heavy atom. The van der Waals surface area contributed by atoms with Gasteiger partial charge in [0.2, 0.25) is 0 Å². The van der Waals surface area contributed by atoms with Crippen LogP contribution < -0.4 is 15.5 Å². The minimum absolute atomic E-state index is 0.129. The first kappa shape index (κ1) is 24.6. The number of hydrogen-bond donors (Lipinski definition) is 2. The summed E-state index contributed by atoms with van der Waals surface area (Å²) < 4.78 is 10.4. The van der Waals surface area contributed by atoms with Crippen molar-refractivity contribution in [2.45, 2.75) is 39.8 Å². The molecular weight excluding hydrogens is 410 g/mol. The van der Waals surface area contributed by atoms with E-state index in [0.29, 0.717) is 17.9 Å². The van der Waals surface area contributed by atoms with Crippen molar-refractivity contribution >= 4 is 24.0 Å². The topological polar surface area (TPSA) is 106 Å². The summed E-state index contributed by atoms with van der Waals surface area (Å²) in [7, 11) is 0. The molecule has 0 aliphatic carbocycles. The molecule has 0 saturated carbocycles. The summed E-state index contributed by atoms with van der Waals surface area (Å²) in [6.45, 7) is 7.33. The molecule has 170 valence electrons. The van der Waals surface area contributed by atoms with Gasteiger partial charge in [0, 0.05) is 5.56 Å². The fourth-order valence-electron chi connectivity index (χ4n) is 2.73. The normalized spacial score (nSPS) is 12.8. The van der Waals surface area contributed by atoms with Gasteiger partial charge in [-0.1, -0.05) is 32.0 Å². The summed E-state index contributed by atoms with van der Waals surface area (Å²) in [4.78, 5) is 36.5. The Balaban J connectivity index is 1.91. The van der Waals surface area contributed by atoms with Gasteiger partial charge in [0.25, 0.3) is 11.8 Å². The van der Waals surface area contributed by atoms with Crippen LogP contribution in [-0.4, -0.2) is 42.8 Å². The van der Waals surface area contributed by atoms with Crippen LogP contribution in [0.25, 0.3) is 0 Å². The van der Waals surface area contributed by atoms with E-state index in [-0.39, 0.29) is 11.8 Å². The van der Waals surface area contributed by atoms with Crippen LogP contribution >= 0.6 is 0 Å². The van der Waals surface area contributed by atoms with Gasteiger partial charge in [0.15, 0.2) is 6.10 Å². The first-order chi connectivity index (χ1) is 15.3. The zero-order chi connectivity index (χ0) is 23.5. The van der Waals surface area contributed by atoms with Gasteiger partial charge in [0.1, 0.15) is 11.8 Å². The molecule has 8 nitrogen and oxygen atoms in total. The highest BCUT2D eigenvalue weighted by Crippen LogP contribution is 2.13. The van der Waals surface area contributed by atoms with Crippen molar-refractivity contribution in [2.75, 3.05) is 6.61 Å². The number of amides is 2. The average molecular weight is 440 g/mol. The van der Waals surface area contributed by atoms with Crippen molar-refractivity contribution in [3.63, 3.8) is 0 Å². The summed E-state index contributed by atoms with van der Waals surface area (Å²) in [6.07, 6.45) is 0.764. The average Bonchev–Trinajstić information content (AvgIpc) is 2.78. The molecule has 2 N–H and O–H groups in total. The third-order valence-electron chi connectivity index (χ3n) is 4.47. The smallest absolute Gasteiger partial charge is 0.347 e. The van der Waals surface area contributed by atoms with Crippen molar-refractivity contribution in [1.82, 2.24) is 10.7 Å². The lowest BCUT2D eigenvalue weighted by Crippen LogP contribution is -2.48. The summed E-state index contributed by atoms with van der Waals surface area (Å²) in [5, 5.41) is 6.72. The number of esters is 1. The molecule has 0 spiro atoms. The molecule has 2 amide bonds. The number of nitrogens with one attached hydrogen (secondary N) is 2. The lowest BCUT2D eigenvalue weighted by molar-refractivity contribution is -0.150. The molecule has 2 unspecified atom stereocenters. The Kier molecular flexibility index (Phi) is 9.41. The van der Waals surface area contributed by atoms with Gasteiger partial charge in [-0.15, -0.1) is 0 Å². The highest BCUT2D eigenvalue weighted by Gasteiger charge is 2.24. The Morgan fingerprint density at radius 1 is 1.00 bits per heavy atom. The van der Waals surface area contributed by atoms with E-state index in [2.05, 4.69) is 15.8 Å². The van der Waals surface area contributed by atoms with E-state index in [9.17, 15) is 14.4 Å². The fourth-order valence-corrected chi connectivity index (χ4v) is 2.73. The number of benzene rings is 2. The highest BCUT2D eigenvalue weighted by molar-refractivity contribution is 5.97. The summed E-state index contributed by atoms with van der Waals surface area (Å²) in [6, 6.07) is 14.8. The largest absolute Gasteiger partial charge is 0.479 e. The third-order valence-corrected chi connectivity index (χ3v) is 4.47. The van der Waals surface area contributed by atoms with Crippen LogP contribution in [0, 0.1) is 5.92 Å². The maximum absolute atomic E-state index is 12.5. The molecule has 8 heteroatoms. The number of carbonyl (C=O) groups is 3. The van der Waals surface area contributed by atoms with E-state index >= 15 is 0 Å². The van der Waals surface area contributed by atoms with Crippen LogP contribution in [0.1, 0.15) is 43.6 Å². The van der Waals surface area contributed by atoms with Gasteiger partial charge in [0.05, 0.1) is 12.8 Å². The van der Waals surface area contributed by atoms with E-state index < -0.39 is 24.0 Å². The maximum Gasteiger partial charge on any atom is 0.347 e. The lowest BCUT2D eigenvalue weighted by atomic mass is 10.0. The zero-order valence-electron chi connectivity index (χ0n) is 18.7. The van der Waals surface area contributed by atoms with Gasteiger partial charge >= 0.3 is 5.97 Å². The molecule has 0 aliphatic heterocycles. The van der Waals surface area contributed by atoms with E-state index in [0.717, 1.165) is 5.56 Å². The highest BCUT2D eigenvalue weighted by atomic mass is 16.6. The molecule has 0 radical (unpaired) electrons. The first-order valence-corrected chi connectivity index (χ1v) is 10.4. The summed E-state index contributed by atoms with van der Waals surface area (Å²) in [5.74, 6) is -0.786. The van der Waals surface area contributed by atoms with E-state index in [1.807, 2.05) is 19.9 Å². The minimum atomic E-state index is -0.736. The third kappa shape index (κ3) is 7.54. The molecule has 2 atom stereocenters. The molecule has 0 aliphatic rings. The van der Waals surface area contributed by atoms with E-state index in [1.54, 1.807) is 62.4 Å². The molecule has 2 rings (SSSR count). The summed E-state index contributed by atoms with van der Waals surface area (Å²) in [5.41, 5.74) is 3.67. The Bertz CT molecular complexity index is 926. The molecule has 0 fully saturated rings. The molecule has 0 bridgehead atoms. The van der Waals surface area contributed by atoms with E-state index in [1.165, 1.54) is 6.21 Å². The first-order valence-electron chi connectivity index (χ1n) is 10.4. The Hall–Kier alpha value is -3.68. The van der Waals surface area contributed by atoms with Crippen LogP contribution in [-0.2, 0) is 14.3 Å². The molecule has 2 aromatic rings. The Labute approximate surface area is 188 Å². The van der Waals surface area contributed by atoms with Gasteiger partial charge in [-0.3, -0.25) is 9.59 Å². The molecule has 32 heavy (non-hydrogen) atoms. The van der Waals surface area contributed by atoms with Crippen molar-refractivity contribution in [3.05, 3.63) is 65.7 Å². The molecule has 2 aromatic carbocycles. The van der Waals surface area contributed by atoms with E-state index in [4.69, 9.17) is 9.47 Å². The minimum Gasteiger partial charge on any atom is -0.479 e. The van der Waals surface area contributed by atoms with Crippen molar-refractivity contribution < 1.29 is 23.9 Å². The SMILES string of the molecule is CCOC(=O)C(C)Oc1ccc(C=NNC(=O)C(NC(=O)c2ccccc2)C(C)C)cc1. The second-order valence-corrected chi connectivity index (χ2v) is 7.38. The monoisotopic (exact) mass is 439 g/mol. The molecule has 0 saturated heterocycles. The van der Waals surface area contributed by atoms with Gasteiger partial charge < -0.3 is 14.8 Å². The number of hydrogen-bond acceptors (Lipinski definition) is 6. The van der Waals surface area contributed by atoms with Crippen molar-refractivity contribution in [3.8, 4) is 5.75 Å². The van der Waals surface area contributed by atoms with Gasteiger partial charge in [-0.25, -0.2) is 10.2 Å². The van der Waals surface area contributed by atoms with Gasteiger partial charge in [-0.05, 0) is 61.7 Å². The van der Waals surface area contributed by atoms with Crippen LogP contribution in [0.15, 0.2) is 59.7 Å². The van der Waals surface area contributed by atoms with Crippen LogP contribution in [0.5, 0.6) is 5.75 Å². The number of carbonyl (C=O) groups excluding carboxylic acids is 3. The van der Waals surface area contributed by atoms with Crippen LogP contribution in [0.3, 0.4) is 0 Å². The van der Waals surface area contributed by atoms with Gasteiger partial charge in [-0.2, -0.15) is 5.10 Å². The molecular formula is C24H29N3O5. The fraction of sp³-hybridized carbons (Fsp3) is 0.333. The van der Waals surface area contributed by atoms with Crippen LogP contribution in [0.4, 0.5) is 0 Å². The predicted molar refractivity (Wildman–Crippen MR) is 121 cm³/mol. The number of ether oxygens (including phenoxy) is 2. The summed E-state index contributed by atoms with van der Waals surface area (Å²) >= 11 is 0. The number of rotatable bonds is 10. The maximum atomic E-state index is 12.5. The Morgan fingerprint density at radius 3 is 2.25 bits per heavy atom. The quantitative estimate of drug-likeness (QED) is 0.336. The second kappa shape index (κ2) is 12.2. The predicted octanol–water partition coefficient (Wildman–Crippen LogP) is 2.92. The second-order valence-electron chi connectivity index (χ2n) is 7.38. The van der Waals surface area contributed by atoms with Crippen molar-refractivity contribution in [2.24, 2.45) is 11.0 Å². The van der Waals surface area contributed by atoms with Crippen molar-refractivity contribution in [1.29, 1.82) is 0 Å². The number of nitrogens with zero attached hydrogens (tertiary/aromatic N) is 1. The number of hydrazone groups is 1.